The van der Waals surface area contributed by atoms with Gasteiger partial charge in [-0.15, -0.1) is 0 Å². The van der Waals surface area contributed by atoms with E-state index in [0.29, 0.717) is 19.5 Å². The van der Waals surface area contributed by atoms with Gasteiger partial charge in [-0.2, -0.15) is 0 Å². The quantitative estimate of drug-likeness (QED) is 0.685. The fourth-order valence-electron chi connectivity index (χ4n) is 0.910. The number of hydrogen-bond acceptors (Lipinski definition) is 4. The average Bonchev–Trinajstić information content (AvgIpc) is 2.49. The third kappa shape index (κ3) is 3.25. The minimum absolute atomic E-state index is 0.0665. The van der Waals surface area contributed by atoms with Crippen LogP contribution in [0.2, 0.25) is 0 Å². The van der Waals surface area contributed by atoms with E-state index in [9.17, 15) is 4.79 Å². The first-order valence-electron chi connectivity index (χ1n) is 4.11. The highest BCUT2D eigenvalue weighted by molar-refractivity contribution is 5.75. The minimum atomic E-state index is -0.0665. The Hall–Kier alpha value is -1.36. The van der Waals surface area contributed by atoms with Crippen LogP contribution in [-0.4, -0.2) is 17.6 Å². The van der Waals surface area contributed by atoms with Gasteiger partial charge in [-0.3, -0.25) is 4.79 Å². The molecule has 0 aromatic carbocycles. The van der Waals surface area contributed by atoms with Crippen LogP contribution in [-0.2, 0) is 11.3 Å². The predicted octanol–water partition coefficient (Wildman–Crippen LogP) is -0.0520. The molecule has 1 aromatic rings. The minimum Gasteiger partial charge on any atom is -0.361 e. The van der Waals surface area contributed by atoms with Crippen molar-refractivity contribution in [3.05, 3.63) is 17.5 Å². The zero-order chi connectivity index (χ0) is 9.68. The molecular weight excluding hydrogens is 170 g/mol. The molecule has 0 fully saturated rings. The summed E-state index contributed by atoms with van der Waals surface area (Å²) in [5.41, 5.74) is 5.93. The number of nitrogens with two attached hydrogens (primary N) is 1. The number of aromatic nitrogens is 1. The van der Waals surface area contributed by atoms with Crippen molar-refractivity contribution >= 4 is 5.91 Å². The molecule has 13 heavy (non-hydrogen) atoms. The van der Waals surface area contributed by atoms with Crippen molar-refractivity contribution in [1.29, 1.82) is 0 Å². The van der Waals surface area contributed by atoms with Crippen molar-refractivity contribution in [2.75, 3.05) is 6.54 Å². The fourth-order valence-corrected chi connectivity index (χ4v) is 0.910. The van der Waals surface area contributed by atoms with Crippen LogP contribution in [0.15, 0.2) is 10.6 Å². The highest BCUT2D eigenvalue weighted by Crippen LogP contribution is 2.00. The SMILES string of the molecule is Cc1cc(CNC(=O)CCN)no1. The number of nitrogens with one attached hydrogen (secondary N) is 1. The van der Waals surface area contributed by atoms with Crippen LogP contribution < -0.4 is 11.1 Å². The second-order valence-electron chi connectivity index (χ2n) is 2.74. The summed E-state index contributed by atoms with van der Waals surface area (Å²) in [6.45, 7) is 2.57. The summed E-state index contributed by atoms with van der Waals surface area (Å²) in [6.07, 6.45) is 0.344. The van der Waals surface area contributed by atoms with Crippen molar-refractivity contribution in [3.63, 3.8) is 0 Å². The number of rotatable bonds is 4. The second kappa shape index (κ2) is 4.61. The normalized spacial score (nSPS) is 10.0. The van der Waals surface area contributed by atoms with Gasteiger partial charge in [-0.1, -0.05) is 5.16 Å². The van der Waals surface area contributed by atoms with Crippen LogP contribution >= 0.6 is 0 Å². The zero-order valence-corrected chi connectivity index (χ0v) is 7.54. The second-order valence-corrected chi connectivity index (χ2v) is 2.74. The Morgan fingerprint density at radius 3 is 3.08 bits per heavy atom. The number of amides is 1. The molecule has 0 bridgehead atoms. The summed E-state index contributed by atoms with van der Waals surface area (Å²) in [6, 6.07) is 1.78. The van der Waals surface area contributed by atoms with E-state index < -0.39 is 0 Å². The van der Waals surface area contributed by atoms with E-state index in [0.717, 1.165) is 11.5 Å². The summed E-state index contributed by atoms with van der Waals surface area (Å²) in [5.74, 6) is 0.672. The lowest BCUT2D eigenvalue weighted by Gasteiger charge is -1.99. The van der Waals surface area contributed by atoms with Crippen molar-refractivity contribution in [2.24, 2.45) is 5.73 Å². The number of carbonyl (C=O) groups excluding carboxylic acids is 1. The first kappa shape index (κ1) is 9.73. The van der Waals surface area contributed by atoms with Crippen LogP contribution in [0.4, 0.5) is 0 Å². The molecule has 72 valence electrons. The summed E-state index contributed by atoms with van der Waals surface area (Å²) in [7, 11) is 0. The Morgan fingerprint density at radius 2 is 2.54 bits per heavy atom. The number of nitrogens with zero attached hydrogens (tertiary/aromatic N) is 1. The average molecular weight is 183 g/mol. The van der Waals surface area contributed by atoms with E-state index in [1.807, 2.05) is 0 Å². The monoisotopic (exact) mass is 183 g/mol. The van der Waals surface area contributed by atoms with E-state index in [1.165, 1.54) is 0 Å². The molecule has 5 nitrogen and oxygen atoms in total. The largest absolute Gasteiger partial charge is 0.361 e. The molecule has 0 atom stereocenters. The van der Waals surface area contributed by atoms with Crippen LogP contribution in [0.1, 0.15) is 17.9 Å². The molecule has 0 radical (unpaired) electrons. The van der Waals surface area contributed by atoms with Crippen molar-refractivity contribution in [3.8, 4) is 0 Å². The molecule has 0 spiro atoms. The lowest BCUT2D eigenvalue weighted by atomic mass is 10.3. The molecular formula is C8H13N3O2. The third-order valence-corrected chi connectivity index (χ3v) is 1.51. The van der Waals surface area contributed by atoms with E-state index in [2.05, 4.69) is 10.5 Å². The Balaban J connectivity index is 2.30. The molecule has 0 aliphatic carbocycles. The maximum Gasteiger partial charge on any atom is 0.221 e. The van der Waals surface area contributed by atoms with Gasteiger partial charge in [-0.25, -0.2) is 0 Å². The van der Waals surface area contributed by atoms with Gasteiger partial charge in [0.1, 0.15) is 11.5 Å². The predicted molar refractivity (Wildman–Crippen MR) is 46.8 cm³/mol. The Kier molecular flexibility index (Phi) is 3.45. The molecule has 0 saturated heterocycles. The van der Waals surface area contributed by atoms with Crippen molar-refractivity contribution in [2.45, 2.75) is 19.9 Å². The van der Waals surface area contributed by atoms with Gasteiger partial charge in [0.05, 0.1) is 6.54 Å². The van der Waals surface area contributed by atoms with Gasteiger partial charge in [0.15, 0.2) is 0 Å². The van der Waals surface area contributed by atoms with Crippen LogP contribution in [0.5, 0.6) is 0 Å². The van der Waals surface area contributed by atoms with Gasteiger partial charge in [0.2, 0.25) is 5.91 Å². The molecule has 0 unspecified atom stereocenters. The fraction of sp³-hybridized carbons (Fsp3) is 0.500. The van der Waals surface area contributed by atoms with E-state index in [1.54, 1.807) is 13.0 Å². The van der Waals surface area contributed by atoms with Gasteiger partial charge in [0.25, 0.3) is 0 Å². The van der Waals surface area contributed by atoms with E-state index >= 15 is 0 Å². The smallest absolute Gasteiger partial charge is 0.221 e. The zero-order valence-electron chi connectivity index (χ0n) is 7.54. The first-order chi connectivity index (χ1) is 6.22. The molecule has 1 rings (SSSR count). The summed E-state index contributed by atoms with van der Waals surface area (Å²) in [5, 5.41) is 6.40. The number of aryl methyl sites for hydroxylation is 1. The van der Waals surface area contributed by atoms with Gasteiger partial charge >= 0.3 is 0 Å². The summed E-state index contributed by atoms with van der Waals surface area (Å²) < 4.78 is 4.83. The Morgan fingerprint density at radius 1 is 1.77 bits per heavy atom. The molecule has 0 saturated carbocycles. The molecule has 0 aliphatic rings. The topological polar surface area (TPSA) is 81.2 Å². The number of hydrogen-bond donors (Lipinski definition) is 2. The van der Waals surface area contributed by atoms with Crippen molar-refractivity contribution in [1.82, 2.24) is 10.5 Å². The maximum absolute atomic E-state index is 11.0. The lowest BCUT2D eigenvalue weighted by molar-refractivity contribution is -0.121. The lowest BCUT2D eigenvalue weighted by Crippen LogP contribution is -2.25. The molecule has 0 aliphatic heterocycles. The van der Waals surface area contributed by atoms with Crippen LogP contribution in [0.3, 0.4) is 0 Å². The summed E-state index contributed by atoms with van der Waals surface area (Å²) in [4.78, 5) is 11.0. The van der Waals surface area contributed by atoms with E-state index in [-0.39, 0.29) is 5.91 Å². The van der Waals surface area contributed by atoms with E-state index in [4.69, 9.17) is 10.3 Å². The van der Waals surface area contributed by atoms with Crippen molar-refractivity contribution < 1.29 is 9.32 Å². The highest BCUT2D eigenvalue weighted by atomic mass is 16.5. The molecule has 1 heterocycles. The van der Waals surface area contributed by atoms with Crippen LogP contribution in [0.25, 0.3) is 0 Å². The van der Waals surface area contributed by atoms with Gasteiger partial charge in [-0.05, 0) is 6.92 Å². The standard InChI is InChI=1S/C8H13N3O2/c1-6-4-7(11-13-6)5-10-8(12)2-3-9/h4H,2-3,5,9H2,1H3,(H,10,12). The summed E-state index contributed by atoms with van der Waals surface area (Å²) >= 11 is 0. The molecule has 1 aromatic heterocycles. The number of carbonyl (C=O) groups is 1. The van der Waals surface area contributed by atoms with Crippen LogP contribution in [0, 0.1) is 6.92 Å². The maximum atomic E-state index is 11.0. The first-order valence-corrected chi connectivity index (χ1v) is 4.11. The third-order valence-electron chi connectivity index (χ3n) is 1.51. The Labute approximate surface area is 76.3 Å². The molecule has 1 amide bonds. The van der Waals surface area contributed by atoms with Gasteiger partial charge in [0, 0.05) is 19.0 Å². The molecule has 5 heteroatoms. The highest BCUT2D eigenvalue weighted by Gasteiger charge is 2.02. The van der Waals surface area contributed by atoms with Gasteiger partial charge < -0.3 is 15.6 Å². The Bertz CT molecular complexity index is 283. The molecule has 3 N–H and O–H groups in total.